The van der Waals surface area contributed by atoms with Gasteiger partial charge < -0.3 is 10.6 Å². The maximum absolute atomic E-state index is 5.29. The van der Waals surface area contributed by atoms with Crippen LogP contribution in [-0.4, -0.2) is 11.2 Å². The predicted molar refractivity (Wildman–Crippen MR) is 72.8 cm³/mol. The number of benzene rings is 1. The van der Waals surface area contributed by atoms with Crippen molar-refractivity contribution in [2.24, 2.45) is 0 Å². The van der Waals surface area contributed by atoms with E-state index in [1.165, 1.54) is 31.2 Å². The number of rotatable bonds is 2. The van der Waals surface area contributed by atoms with Gasteiger partial charge in [0, 0.05) is 11.7 Å². The Bertz CT molecular complexity index is 370. The van der Waals surface area contributed by atoms with Gasteiger partial charge in [-0.05, 0) is 49.7 Å². The minimum atomic E-state index is 0.574. The zero-order valence-corrected chi connectivity index (χ0v) is 10.4. The molecule has 0 aliphatic heterocycles. The standard InChI is InChI=1S/C13H18N2S/c1-10-5-4-8-12(9-10)15-13(16)14-11-6-2-3-7-11/h4-5,8-9,11H,2-3,6-7H2,1H3,(H2,14,15,16). The first kappa shape index (κ1) is 11.4. The van der Waals surface area contributed by atoms with Gasteiger partial charge in [0.2, 0.25) is 0 Å². The van der Waals surface area contributed by atoms with Gasteiger partial charge in [-0.2, -0.15) is 0 Å². The average molecular weight is 234 g/mol. The maximum atomic E-state index is 5.29. The molecule has 0 heterocycles. The van der Waals surface area contributed by atoms with E-state index in [0.717, 1.165) is 10.8 Å². The zero-order valence-electron chi connectivity index (χ0n) is 9.62. The van der Waals surface area contributed by atoms with Gasteiger partial charge in [0.15, 0.2) is 5.11 Å². The van der Waals surface area contributed by atoms with Crippen LogP contribution >= 0.6 is 12.2 Å². The van der Waals surface area contributed by atoms with Crippen molar-refractivity contribution in [2.45, 2.75) is 38.6 Å². The molecule has 16 heavy (non-hydrogen) atoms. The fraction of sp³-hybridized carbons (Fsp3) is 0.462. The second-order valence-corrected chi connectivity index (χ2v) is 4.86. The molecule has 1 saturated carbocycles. The van der Waals surface area contributed by atoms with E-state index in [0.29, 0.717) is 6.04 Å². The third kappa shape index (κ3) is 3.20. The van der Waals surface area contributed by atoms with E-state index >= 15 is 0 Å². The van der Waals surface area contributed by atoms with Gasteiger partial charge >= 0.3 is 0 Å². The molecule has 0 unspecified atom stereocenters. The first-order chi connectivity index (χ1) is 7.74. The van der Waals surface area contributed by atoms with Crippen LogP contribution in [0.1, 0.15) is 31.2 Å². The summed E-state index contributed by atoms with van der Waals surface area (Å²) in [6, 6.07) is 8.83. The van der Waals surface area contributed by atoms with Gasteiger partial charge in [-0.25, -0.2) is 0 Å². The first-order valence-electron chi connectivity index (χ1n) is 5.88. The normalized spacial score (nSPS) is 16.1. The van der Waals surface area contributed by atoms with Crippen LogP contribution in [0.5, 0.6) is 0 Å². The van der Waals surface area contributed by atoms with E-state index in [9.17, 15) is 0 Å². The quantitative estimate of drug-likeness (QED) is 0.768. The summed E-state index contributed by atoms with van der Waals surface area (Å²) in [5.74, 6) is 0. The highest BCUT2D eigenvalue weighted by Crippen LogP contribution is 2.18. The molecule has 0 atom stereocenters. The van der Waals surface area contributed by atoms with Crippen LogP contribution < -0.4 is 10.6 Å². The lowest BCUT2D eigenvalue weighted by atomic mass is 10.2. The Morgan fingerprint density at radius 2 is 2.06 bits per heavy atom. The van der Waals surface area contributed by atoms with Crippen LogP contribution in [0.3, 0.4) is 0 Å². The highest BCUT2D eigenvalue weighted by atomic mass is 32.1. The Morgan fingerprint density at radius 3 is 2.75 bits per heavy atom. The van der Waals surface area contributed by atoms with Crippen LogP contribution in [-0.2, 0) is 0 Å². The fourth-order valence-electron chi connectivity index (χ4n) is 2.15. The van der Waals surface area contributed by atoms with E-state index < -0.39 is 0 Å². The number of anilines is 1. The maximum Gasteiger partial charge on any atom is 0.170 e. The molecule has 0 spiro atoms. The second kappa shape index (κ2) is 5.30. The molecule has 2 rings (SSSR count). The zero-order chi connectivity index (χ0) is 11.4. The number of thiocarbonyl (C=S) groups is 1. The smallest absolute Gasteiger partial charge is 0.170 e. The molecule has 2 N–H and O–H groups in total. The molecule has 3 heteroatoms. The molecule has 1 aliphatic rings. The molecule has 0 bridgehead atoms. The van der Waals surface area contributed by atoms with Crippen molar-refractivity contribution in [1.82, 2.24) is 5.32 Å². The highest BCUT2D eigenvalue weighted by molar-refractivity contribution is 7.80. The third-order valence-corrected chi connectivity index (χ3v) is 3.19. The second-order valence-electron chi connectivity index (χ2n) is 4.45. The summed E-state index contributed by atoms with van der Waals surface area (Å²) >= 11 is 5.29. The van der Waals surface area contributed by atoms with Gasteiger partial charge in [0.05, 0.1) is 0 Å². The summed E-state index contributed by atoms with van der Waals surface area (Å²) in [5, 5.41) is 7.34. The summed E-state index contributed by atoms with van der Waals surface area (Å²) in [7, 11) is 0. The van der Waals surface area contributed by atoms with Crippen LogP contribution in [0, 0.1) is 6.92 Å². The van der Waals surface area contributed by atoms with Crippen molar-refractivity contribution in [3.8, 4) is 0 Å². The fourth-order valence-corrected chi connectivity index (χ4v) is 2.43. The van der Waals surface area contributed by atoms with Gasteiger partial charge in [-0.3, -0.25) is 0 Å². The van der Waals surface area contributed by atoms with Gasteiger partial charge in [0.25, 0.3) is 0 Å². The lowest BCUT2D eigenvalue weighted by molar-refractivity contribution is 0.634. The van der Waals surface area contributed by atoms with Crippen LogP contribution in [0.4, 0.5) is 5.69 Å². The van der Waals surface area contributed by atoms with E-state index in [1.54, 1.807) is 0 Å². The molecule has 1 aliphatic carbocycles. The summed E-state index contributed by atoms with van der Waals surface area (Å²) in [6.45, 7) is 2.08. The summed E-state index contributed by atoms with van der Waals surface area (Å²) in [4.78, 5) is 0. The highest BCUT2D eigenvalue weighted by Gasteiger charge is 2.15. The SMILES string of the molecule is Cc1cccc(NC(=S)NC2CCCC2)c1. The van der Waals surface area contributed by atoms with Gasteiger partial charge in [0.1, 0.15) is 0 Å². The molecule has 0 radical (unpaired) electrons. The topological polar surface area (TPSA) is 24.1 Å². The molecule has 1 fully saturated rings. The summed E-state index contributed by atoms with van der Waals surface area (Å²) in [5.41, 5.74) is 2.31. The first-order valence-corrected chi connectivity index (χ1v) is 6.29. The lowest BCUT2D eigenvalue weighted by Gasteiger charge is -2.15. The Kier molecular flexibility index (Phi) is 3.78. The largest absolute Gasteiger partial charge is 0.360 e. The van der Waals surface area contributed by atoms with Gasteiger partial charge in [-0.15, -0.1) is 0 Å². The Hall–Kier alpha value is -1.09. The Labute approximate surface area is 102 Å². The summed E-state index contributed by atoms with van der Waals surface area (Å²) in [6.07, 6.45) is 5.14. The average Bonchev–Trinajstić information content (AvgIpc) is 2.70. The van der Waals surface area contributed by atoms with E-state index in [4.69, 9.17) is 12.2 Å². The van der Waals surface area contributed by atoms with Crippen molar-refractivity contribution in [1.29, 1.82) is 0 Å². The molecule has 0 aromatic heterocycles. The molecule has 1 aromatic carbocycles. The number of hydrogen-bond donors (Lipinski definition) is 2. The predicted octanol–water partition coefficient (Wildman–Crippen LogP) is 3.22. The van der Waals surface area contributed by atoms with Crippen LogP contribution in [0.15, 0.2) is 24.3 Å². The molecule has 2 nitrogen and oxygen atoms in total. The monoisotopic (exact) mass is 234 g/mol. The minimum Gasteiger partial charge on any atom is -0.360 e. The number of nitrogens with one attached hydrogen (secondary N) is 2. The molecular weight excluding hydrogens is 216 g/mol. The van der Waals surface area contributed by atoms with Crippen molar-refractivity contribution < 1.29 is 0 Å². The van der Waals surface area contributed by atoms with Crippen molar-refractivity contribution in [3.05, 3.63) is 29.8 Å². The van der Waals surface area contributed by atoms with Crippen molar-refractivity contribution in [2.75, 3.05) is 5.32 Å². The molecule has 0 saturated heterocycles. The van der Waals surface area contributed by atoms with E-state index in [-0.39, 0.29) is 0 Å². The molecule has 1 aromatic rings. The van der Waals surface area contributed by atoms with Crippen molar-refractivity contribution >= 4 is 23.0 Å². The Balaban J connectivity index is 1.86. The summed E-state index contributed by atoms with van der Waals surface area (Å²) < 4.78 is 0. The van der Waals surface area contributed by atoms with Crippen molar-refractivity contribution in [3.63, 3.8) is 0 Å². The molecule has 0 amide bonds. The molecule has 86 valence electrons. The Morgan fingerprint density at radius 1 is 1.31 bits per heavy atom. The van der Waals surface area contributed by atoms with Crippen LogP contribution in [0.25, 0.3) is 0 Å². The van der Waals surface area contributed by atoms with E-state index in [2.05, 4.69) is 29.7 Å². The number of aryl methyl sites for hydroxylation is 1. The lowest BCUT2D eigenvalue weighted by Crippen LogP contribution is -2.35. The van der Waals surface area contributed by atoms with Crippen LogP contribution in [0.2, 0.25) is 0 Å². The minimum absolute atomic E-state index is 0.574. The van der Waals surface area contributed by atoms with E-state index in [1.807, 2.05) is 12.1 Å². The van der Waals surface area contributed by atoms with Gasteiger partial charge in [-0.1, -0.05) is 25.0 Å². The molecular formula is C13H18N2S. The third-order valence-electron chi connectivity index (χ3n) is 2.97. The number of hydrogen-bond acceptors (Lipinski definition) is 1.